The monoisotopic (exact) mass is 1420 g/mol. The van der Waals surface area contributed by atoms with E-state index < -0.39 is 0 Å². The molecular weight excluding hydrogens is 1340 g/mol. The first kappa shape index (κ1) is 77.3. The predicted octanol–water partition coefficient (Wildman–Crippen LogP) is 18.6. The van der Waals surface area contributed by atoms with Crippen molar-refractivity contribution in [2.45, 2.75) is 48.0 Å². The number of amides is 4. The molecule has 0 radical (unpaired) electrons. The number of nitrogen functional groups attached to an aromatic ring is 2. The molecular formula is C89H84N10O8. The quantitative estimate of drug-likeness (QED) is 0.0437. The second-order valence-corrected chi connectivity index (χ2v) is 24.1. The number of nitrogens with one attached hydrogen (secondary N) is 4. The second kappa shape index (κ2) is 38.4. The van der Waals surface area contributed by atoms with Crippen LogP contribution in [0.5, 0.6) is 17.2 Å². The SMILES string of the molecule is CC.COc1cc(Cc2cnc(N)nc2N)cc(-c2cccc(NC(=O)c3ccc(C)cc3)c2)c1OC.COc1ccc(C(=O)c2ccccc2-c2ccccc2)cc1.Cc1ccc(C(=O)Nc2cccc(-c3ccccc3)c2)cc1.Cc1cccc(NC(=O)c2ccc(C(=O)Nc3cccc(C)n3)cc2)n1. The summed E-state index contributed by atoms with van der Waals surface area (Å²) < 4.78 is 16.4. The number of carbonyl (C=O) groups is 5. The predicted molar refractivity (Wildman–Crippen MR) is 429 cm³/mol. The highest BCUT2D eigenvalue weighted by Gasteiger charge is 2.19. The number of ether oxygens (including phenoxy) is 3. The molecule has 3 aromatic heterocycles. The lowest BCUT2D eigenvalue weighted by Gasteiger charge is -2.16. The molecule has 0 saturated carbocycles. The Bertz CT molecular complexity index is 5080. The third kappa shape index (κ3) is 22.1. The van der Waals surface area contributed by atoms with E-state index >= 15 is 0 Å². The third-order valence-corrected chi connectivity index (χ3v) is 16.4. The highest BCUT2D eigenvalue weighted by molar-refractivity contribution is 6.13. The Morgan fingerprint density at radius 3 is 1.31 bits per heavy atom. The van der Waals surface area contributed by atoms with Gasteiger partial charge >= 0.3 is 0 Å². The molecule has 0 aliphatic heterocycles. The summed E-state index contributed by atoms with van der Waals surface area (Å²) in [5, 5.41) is 11.4. The van der Waals surface area contributed by atoms with Crippen molar-refractivity contribution < 1.29 is 38.2 Å². The maximum atomic E-state index is 12.8. The number of rotatable bonds is 18. The number of aryl methyl sites for hydroxylation is 4. The molecule has 0 saturated heterocycles. The van der Waals surface area contributed by atoms with Crippen LogP contribution in [0.2, 0.25) is 0 Å². The Kier molecular flexibility index (Phi) is 27.7. The van der Waals surface area contributed by atoms with Crippen LogP contribution in [-0.4, -0.2) is 70.7 Å². The highest BCUT2D eigenvalue weighted by Crippen LogP contribution is 2.41. The van der Waals surface area contributed by atoms with Gasteiger partial charge in [-0.3, -0.25) is 24.0 Å². The third-order valence-electron chi connectivity index (χ3n) is 16.4. The van der Waals surface area contributed by atoms with E-state index in [0.717, 1.165) is 78.5 Å². The van der Waals surface area contributed by atoms with Gasteiger partial charge in [0.25, 0.3) is 23.6 Å². The number of methoxy groups -OCH3 is 3. The van der Waals surface area contributed by atoms with E-state index in [2.05, 4.69) is 53.3 Å². The number of hydrogen-bond acceptors (Lipinski definition) is 14. The van der Waals surface area contributed by atoms with Crippen LogP contribution in [0.4, 0.5) is 34.8 Å². The van der Waals surface area contributed by atoms with Crippen LogP contribution in [-0.2, 0) is 6.42 Å². The number of pyridine rings is 2. The van der Waals surface area contributed by atoms with Gasteiger partial charge in [0, 0.05) is 79.9 Å². The number of ketones is 1. The Balaban J connectivity index is 0.000000166. The standard InChI is InChI=1S/C27H27N5O3.C20H18N4O2.C20H17NO.C20H16O2.C2H6/c1-16-7-9-18(10-8-16)26(33)31-21-6-4-5-19(14-21)22-12-17(13-23(34-2)24(22)35-3)11-20-15-30-27(29)32-25(20)28;1-13-5-3-7-17(21-13)23-19(25)15-9-11-16(12-10-15)20(26)24-18-8-4-6-14(2)22-18;1-15-10-12-17(13-11-15)20(22)21-19-9-5-8-18(14-19)16-6-3-2-4-7-16;1-22-17-13-11-16(12-14-17)20(21)19-10-6-5-9-18(19)15-7-3-2-4-8-15;1-2/h4-10,12-15H,11H2,1-3H3,(H,31,33)(H4,28,29,30,32);3-12H,1-2H3,(H,21,23,25)(H,22,24,26);2-14H,1H3,(H,21,22);2-14H,1H3;1-2H3. The van der Waals surface area contributed by atoms with Crippen molar-refractivity contribution in [1.29, 1.82) is 0 Å². The molecule has 0 aliphatic carbocycles. The van der Waals surface area contributed by atoms with Gasteiger partial charge in [-0.25, -0.2) is 15.0 Å². The Labute approximate surface area is 624 Å². The van der Waals surface area contributed by atoms with Gasteiger partial charge in [0.05, 0.1) is 21.3 Å². The number of nitrogens with zero attached hydrogens (tertiary/aromatic N) is 4. The minimum atomic E-state index is -0.282. The second-order valence-electron chi connectivity index (χ2n) is 24.1. The maximum Gasteiger partial charge on any atom is 0.256 e. The summed E-state index contributed by atoms with van der Waals surface area (Å²) in [6.45, 7) is 11.7. The van der Waals surface area contributed by atoms with Gasteiger partial charge < -0.3 is 46.9 Å². The minimum absolute atomic E-state index is 0.0158. The van der Waals surface area contributed by atoms with Crippen molar-refractivity contribution in [2.75, 3.05) is 54.1 Å². The number of anilines is 6. The summed E-state index contributed by atoms with van der Waals surface area (Å²) in [5.41, 5.74) is 28.0. The average molecular weight is 1420 g/mol. The molecule has 0 fully saturated rings. The average Bonchev–Trinajstić information content (AvgIpc) is 0.797. The largest absolute Gasteiger partial charge is 0.497 e. The van der Waals surface area contributed by atoms with Gasteiger partial charge in [-0.05, 0) is 195 Å². The van der Waals surface area contributed by atoms with E-state index in [1.807, 2.05) is 236 Å². The van der Waals surface area contributed by atoms with Crippen molar-refractivity contribution in [3.05, 3.63) is 352 Å². The first-order valence-corrected chi connectivity index (χ1v) is 34.5. The molecule has 18 heteroatoms. The molecule has 13 rings (SSSR count). The zero-order chi connectivity index (χ0) is 76.2. The summed E-state index contributed by atoms with van der Waals surface area (Å²) in [4.78, 5) is 78.9. The molecule has 10 aromatic carbocycles. The van der Waals surface area contributed by atoms with Crippen LogP contribution in [0.3, 0.4) is 0 Å². The number of hydrogen-bond donors (Lipinski definition) is 6. The van der Waals surface area contributed by atoms with Gasteiger partial charge in [-0.15, -0.1) is 0 Å². The molecule has 0 atom stereocenters. The number of benzene rings is 10. The Morgan fingerprint density at radius 1 is 0.383 bits per heavy atom. The van der Waals surface area contributed by atoms with Crippen LogP contribution < -0.4 is 46.9 Å². The summed E-state index contributed by atoms with van der Waals surface area (Å²) in [5.74, 6) is 2.51. The first-order chi connectivity index (χ1) is 51.9. The molecule has 538 valence electrons. The van der Waals surface area contributed by atoms with E-state index in [0.29, 0.717) is 74.4 Å². The van der Waals surface area contributed by atoms with E-state index in [9.17, 15) is 24.0 Å². The van der Waals surface area contributed by atoms with E-state index in [1.54, 1.807) is 100 Å². The zero-order valence-corrected chi connectivity index (χ0v) is 61.1. The fourth-order valence-electron chi connectivity index (χ4n) is 10.9. The van der Waals surface area contributed by atoms with Crippen molar-refractivity contribution in [3.8, 4) is 50.6 Å². The van der Waals surface area contributed by atoms with Crippen molar-refractivity contribution in [3.63, 3.8) is 0 Å². The van der Waals surface area contributed by atoms with E-state index in [4.69, 9.17) is 25.7 Å². The normalized spacial score (nSPS) is 10.2. The molecule has 13 aromatic rings. The van der Waals surface area contributed by atoms with Gasteiger partial charge in [-0.1, -0.05) is 171 Å². The lowest BCUT2D eigenvalue weighted by atomic mass is 9.94. The van der Waals surface area contributed by atoms with Crippen molar-refractivity contribution >= 4 is 64.2 Å². The van der Waals surface area contributed by atoms with Crippen LogP contribution in [0, 0.1) is 27.7 Å². The Hall–Kier alpha value is -13.9. The van der Waals surface area contributed by atoms with Crippen molar-refractivity contribution in [2.24, 2.45) is 0 Å². The smallest absolute Gasteiger partial charge is 0.256 e. The molecule has 4 amide bonds. The number of aromatic nitrogens is 4. The van der Waals surface area contributed by atoms with Crippen LogP contribution >= 0.6 is 0 Å². The topological polar surface area (TPSA) is 265 Å². The lowest BCUT2D eigenvalue weighted by molar-refractivity contribution is 0.101. The Morgan fingerprint density at radius 2 is 0.822 bits per heavy atom. The van der Waals surface area contributed by atoms with Crippen molar-refractivity contribution in [1.82, 2.24) is 19.9 Å². The van der Waals surface area contributed by atoms with Crippen LogP contribution in [0.25, 0.3) is 33.4 Å². The maximum absolute atomic E-state index is 12.8. The van der Waals surface area contributed by atoms with Crippen LogP contribution in [0.15, 0.2) is 285 Å². The number of nitrogens with two attached hydrogens (primary N) is 2. The van der Waals surface area contributed by atoms with Gasteiger partial charge in [-0.2, -0.15) is 4.98 Å². The summed E-state index contributed by atoms with van der Waals surface area (Å²) >= 11 is 0. The summed E-state index contributed by atoms with van der Waals surface area (Å²) in [7, 11) is 4.79. The molecule has 18 nitrogen and oxygen atoms in total. The zero-order valence-electron chi connectivity index (χ0n) is 61.1. The van der Waals surface area contributed by atoms with Gasteiger partial charge in [0.15, 0.2) is 17.3 Å². The summed E-state index contributed by atoms with van der Waals surface area (Å²) in [6, 6.07) is 86.5. The first-order valence-electron chi connectivity index (χ1n) is 34.5. The van der Waals surface area contributed by atoms with Crippen LogP contribution in [0.1, 0.15) is 105 Å². The van der Waals surface area contributed by atoms with E-state index in [1.165, 1.54) is 0 Å². The lowest BCUT2D eigenvalue weighted by Crippen LogP contribution is -2.15. The molecule has 107 heavy (non-hydrogen) atoms. The molecule has 3 heterocycles. The fraction of sp³-hybridized carbons (Fsp3) is 0.112. The molecule has 0 spiro atoms. The molecule has 0 bridgehead atoms. The van der Waals surface area contributed by atoms with E-state index in [-0.39, 0.29) is 35.4 Å². The molecule has 8 N–H and O–H groups in total. The molecule has 0 unspecified atom stereocenters. The van der Waals surface area contributed by atoms with Gasteiger partial charge in [0.2, 0.25) is 5.95 Å². The fourth-order valence-corrected chi connectivity index (χ4v) is 10.9. The summed E-state index contributed by atoms with van der Waals surface area (Å²) in [6.07, 6.45) is 2.10. The number of carbonyl (C=O) groups excluding carboxylic acids is 5. The highest BCUT2D eigenvalue weighted by atomic mass is 16.5. The minimum Gasteiger partial charge on any atom is -0.497 e. The molecule has 0 aliphatic rings. The van der Waals surface area contributed by atoms with Gasteiger partial charge in [0.1, 0.15) is 23.2 Å².